The van der Waals surface area contributed by atoms with Crippen molar-refractivity contribution >= 4 is 17.4 Å². The summed E-state index contributed by atoms with van der Waals surface area (Å²) in [5, 5.41) is 27.5. The number of aromatic nitrogens is 2. The number of hydrogen-bond donors (Lipinski definition) is 4. The lowest BCUT2D eigenvalue weighted by atomic mass is 9.75. The highest BCUT2D eigenvalue weighted by Crippen LogP contribution is 2.37. The summed E-state index contributed by atoms with van der Waals surface area (Å²) in [6.45, 7) is 3.78. The quantitative estimate of drug-likeness (QED) is 0.580. The van der Waals surface area contributed by atoms with Crippen LogP contribution in [-0.4, -0.2) is 43.8 Å². The first-order chi connectivity index (χ1) is 14.7. The van der Waals surface area contributed by atoms with E-state index in [0.717, 1.165) is 18.5 Å². The molecule has 1 fully saturated rings. The molecule has 4 rings (SSSR count). The fourth-order valence-electron chi connectivity index (χ4n) is 4.79. The molecule has 8 heteroatoms. The normalized spacial score (nSPS) is 22.8. The number of nitrogens with one attached hydrogen (secondary N) is 1. The molecule has 5 N–H and O–H groups in total. The summed E-state index contributed by atoms with van der Waals surface area (Å²) in [6.07, 6.45) is 3.84. The Labute approximate surface area is 181 Å². The van der Waals surface area contributed by atoms with Crippen LogP contribution in [0.5, 0.6) is 0 Å². The maximum absolute atomic E-state index is 12.8. The van der Waals surface area contributed by atoms with Crippen LogP contribution in [-0.2, 0) is 13.0 Å². The Morgan fingerprint density at radius 3 is 2.61 bits per heavy atom. The summed E-state index contributed by atoms with van der Waals surface area (Å²) in [7, 11) is 0. The number of Topliss-reactive ketones (excluding diaryl/α,β-unsaturated/α-hetero) is 1. The second-order valence-corrected chi connectivity index (χ2v) is 9.52. The van der Waals surface area contributed by atoms with E-state index in [9.17, 15) is 19.8 Å². The number of hydrogen-bond acceptors (Lipinski definition) is 6. The van der Waals surface area contributed by atoms with Gasteiger partial charge in [0.1, 0.15) is 0 Å². The number of primary amides is 1. The number of amides is 1. The number of nitrogens with two attached hydrogens (primary N) is 1. The van der Waals surface area contributed by atoms with Crippen LogP contribution in [0, 0.1) is 5.41 Å². The van der Waals surface area contributed by atoms with Crippen molar-refractivity contribution in [2.45, 2.75) is 71.1 Å². The number of carbonyl (C=O) groups is 2. The average molecular weight is 427 g/mol. The molecule has 166 valence electrons. The monoisotopic (exact) mass is 426 g/mol. The molecule has 2 aromatic rings. The zero-order chi connectivity index (χ0) is 22.3. The summed E-state index contributed by atoms with van der Waals surface area (Å²) in [5.74, 6) is -0.533. The molecule has 1 saturated carbocycles. The number of rotatable bonds is 5. The zero-order valence-corrected chi connectivity index (χ0v) is 18.0. The Morgan fingerprint density at radius 2 is 1.97 bits per heavy atom. The molecule has 0 saturated heterocycles. The molecule has 1 heterocycles. The summed E-state index contributed by atoms with van der Waals surface area (Å²) in [5.41, 5.74) is 8.77. The van der Waals surface area contributed by atoms with Crippen molar-refractivity contribution < 1.29 is 19.8 Å². The molecule has 0 unspecified atom stereocenters. The molecular formula is C23H30N4O4. The van der Waals surface area contributed by atoms with Crippen LogP contribution in [0.25, 0.3) is 5.69 Å². The highest BCUT2D eigenvalue weighted by atomic mass is 16.3. The fourth-order valence-corrected chi connectivity index (χ4v) is 4.79. The number of carbonyl (C=O) groups excluding carboxylic acids is 2. The minimum atomic E-state index is -0.528. The highest BCUT2D eigenvalue weighted by molar-refractivity contribution is 6.00. The first-order valence-electron chi connectivity index (χ1n) is 10.8. The lowest BCUT2D eigenvalue weighted by molar-refractivity contribution is 0.0907. The van der Waals surface area contributed by atoms with Crippen LogP contribution >= 0.6 is 0 Å². The average Bonchev–Trinajstić information content (AvgIpc) is 3.07. The van der Waals surface area contributed by atoms with Gasteiger partial charge in [0.15, 0.2) is 5.78 Å². The molecule has 0 spiro atoms. The van der Waals surface area contributed by atoms with Gasteiger partial charge in [-0.3, -0.25) is 9.59 Å². The molecule has 2 aliphatic rings. The van der Waals surface area contributed by atoms with Gasteiger partial charge in [-0.15, -0.1) is 0 Å². The minimum Gasteiger partial charge on any atom is -0.393 e. The predicted molar refractivity (Wildman–Crippen MR) is 116 cm³/mol. The second-order valence-electron chi connectivity index (χ2n) is 9.52. The van der Waals surface area contributed by atoms with Crippen LogP contribution in [0.2, 0.25) is 0 Å². The van der Waals surface area contributed by atoms with Crippen molar-refractivity contribution in [3.63, 3.8) is 0 Å². The molecule has 31 heavy (non-hydrogen) atoms. The Morgan fingerprint density at radius 1 is 1.26 bits per heavy atom. The second kappa shape index (κ2) is 8.09. The number of anilines is 1. The van der Waals surface area contributed by atoms with Gasteiger partial charge in [-0.25, -0.2) is 4.68 Å². The number of ketones is 1. The summed E-state index contributed by atoms with van der Waals surface area (Å²) >= 11 is 0. The Kier molecular flexibility index (Phi) is 5.61. The molecule has 8 nitrogen and oxygen atoms in total. The number of aliphatic hydroxyl groups is 2. The molecular weight excluding hydrogens is 396 g/mol. The largest absolute Gasteiger partial charge is 0.393 e. The van der Waals surface area contributed by atoms with E-state index in [1.807, 2.05) is 19.9 Å². The van der Waals surface area contributed by atoms with Crippen LogP contribution < -0.4 is 11.1 Å². The Hall–Kier alpha value is -2.71. The van der Waals surface area contributed by atoms with Gasteiger partial charge in [0.25, 0.3) is 5.91 Å². The van der Waals surface area contributed by atoms with E-state index in [1.165, 1.54) is 0 Å². The van der Waals surface area contributed by atoms with Crippen molar-refractivity contribution in [2.24, 2.45) is 11.1 Å². The lowest BCUT2D eigenvalue weighted by Gasteiger charge is -2.29. The van der Waals surface area contributed by atoms with Crippen LogP contribution in [0.1, 0.15) is 78.1 Å². The number of fused-ring (bicyclic) bond motifs is 1. The van der Waals surface area contributed by atoms with Gasteiger partial charge in [-0.2, -0.15) is 5.10 Å². The van der Waals surface area contributed by atoms with Gasteiger partial charge >= 0.3 is 0 Å². The standard InChI is InChI=1S/C23H30N4O4/c1-23(2)10-19-21(20(30)11-23)18(12-28)26-27(19)14-5-8-16(22(24)31)17(9-14)25-13-3-6-15(29)7-4-13/h5,8-9,13,15,25,28-29H,3-4,6-7,10-12H2,1-2H3,(H2,24,31)/t13-,15-. The number of aliphatic hydroxyl groups excluding tert-OH is 2. The van der Waals surface area contributed by atoms with Crippen molar-refractivity contribution in [3.8, 4) is 5.69 Å². The molecule has 2 aliphatic carbocycles. The topological polar surface area (TPSA) is 130 Å². The van der Waals surface area contributed by atoms with E-state index in [0.29, 0.717) is 53.9 Å². The van der Waals surface area contributed by atoms with E-state index in [-0.39, 0.29) is 30.0 Å². The molecule has 1 amide bonds. The van der Waals surface area contributed by atoms with Crippen LogP contribution in [0.4, 0.5) is 5.69 Å². The van der Waals surface area contributed by atoms with Crippen molar-refractivity contribution in [1.82, 2.24) is 9.78 Å². The molecule has 1 aromatic heterocycles. The van der Waals surface area contributed by atoms with Gasteiger partial charge < -0.3 is 21.3 Å². The van der Waals surface area contributed by atoms with E-state index < -0.39 is 5.91 Å². The molecule has 0 aliphatic heterocycles. The van der Waals surface area contributed by atoms with Gasteiger partial charge in [0.2, 0.25) is 0 Å². The molecule has 1 aromatic carbocycles. The van der Waals surface area contributed by atoms with Crippen LogP contribution in [0.3, 0.4) is 0 Å². The third-order valence-corrected chi connectivity index (χ3v) is 6.34. The molecule has 0 bridgehead atoms. The summed E-state index contributed by atoms with van der Waals surface area (Å²) < 4.78 is 1.71. The third kappa shape index (κ3) is 4.22. The maximum Gasteiger partial charge on any atom is 0.250 e. The van der Waals surface area contributed by atoms with Crippen molar-refractivity contribution in [1.29, 1.82) is 0 Å². The summed E-state index contributed by atoms with van der Waals surface area (Å²) in [4.78, 5) is 24.8. The van der Waals surface area contributed by atoms with Gasteiger partial charge in [-0.05, 0) is 55.7 Å². The van der Waals surface area contributed by atoms with Crippen LogP contribution in [0.15, 0.2) is 18.2 Å². The highest BCUT2D eigenvalue weighted by Gasteiger charge is 2.36. The molecule has 0 atom stereocenters. The predicted octanol–water partition coefficient (Wildman–Crippen LogP) is 2.33. The Balaban J connectivity index is 1.75. The summed E-state index contributed by atoms with van der Waals surface area (Å²) in [6, 6.07) is 5.39. The van der Waals surface area contributed by atoms with Gasteiger partial charge in [-0.1, -0.05) is 13.8 Å². The lowest BCUT2D eigenvalue weighted by Crippen LogP contribution is -2.29. The number of benzene rings is 1. The minimum absolute atomic E-state index is 0.00517. The van der Waals surface area contributed by atoms with E-state index in [1.54, 1.807) is 16.8 Å². The van der Waals surface area contributed by atoms with Crippen molar-refractivity contribution in [2.75, 3.05) is 5.32 Å². The molecule has 0 radical (unpaired) electrons. The van der Waals surface area contributed by atoms with Crippen molar-refractivity contribution in [3.05, 3.63) is 40.7 Å². The smallest absolute Gasteiger partial charge is 0.250 e. The van der Waals surface area contributed by atoms with E-state index >= 15 is 0 Å². The number of nitrogens with zero attached hydrogens (tertiary/aromatic N) is 2. The zero-order valence-electron chi connectivity index (χ0n) is 18.0. The third-order valence-electron chi connectivity index (χ3n) is 6.34. The first kappa shape index (κ1) is 21.5. The maximum atomic E-state index is 12.8. The SMILES string of the molecule is CC1(C)CC(=O)c2c(CO)nn(-c3ccc(C(N)=O)c(N[C@H]4CC[C@H](O)CC4)c3)c2C1. The van der Waals surface area contributed by atoms with Gasteiger partial charge in [0.05, 0.1) is 40.9 Å². The van der Waals surface area contributed by atoms with E-state index in [4.69, 9.17) is 5.73 Å². The van der Waals surface area contributed by atoms with Gasteiger partial charge in [0, 0.05) is 18.2 Å². The fraction of sp³-hybridized carbons (Fsp3) is 0.522. The van der Waals surface area contributed by atoms with E-state index in [2.05, 4.69) is 10.4 Å². The Bertz CT molecular complexity index is 1020. The first-order valence-corrected chi connectivity index (χ1v) is 10.8.